The number of aryl methyl sites for hydroxylation is 1. The van der Waals surface area contributed by atoms with Crippen LogP contribution in [0.5, 0.6) is 0 Å². The second kappa shape index (κ2) is 5.48. The quantitative estimate of drug-likeness (QED) is 0.766. The lowest BCUT2D eigenvalue weighted by molar-refractivity contribution is -0.124. The summed E-state index contributed by atoms with van der Waals surface area (Å²) in [5.41, 5.74) is 8.11. The molecule has 5 nitrogen and oxygen atoms in total. The molecule has 0 saturated carbocycles. The van der Waals surface area contributed by atoms with E-state index in [2.05, 4.69) is 10.3 Å². The third-order valence-electron chi connectivity index (χ3n) is 1.75. The fourth-order valence-electron chi connectivity index (χ4n) is 1.03. The first-order valence-corrected chi connectivity index (χ1v) is 4.85. The standard InChI is InChI=1S/C10H11ClN2O3/c1-6-2-3-7(8(11)4-6)10(15)13-16-5-9(12)14/h2-4H,5H2,1H3,(H2,12,14)(H,13,15). The first kappa shape index (κ1) is 12.5. The predicted octanol–water partition coefficient (Wildman–Crippen LogP) is 0.795. The van der Waals surface area contributed by atoms with Gasteiger partial charge < -0.3 is 5.73 Å². The molecule has 0 aliphatic rings. The Bertz CT molecular complexity index is 421. The minimum absolute atomic E-state index is 0.275. The molecule has 2 amide bonds. The Labute approximate surface area is 97.5 Å². The molecule has 86 valence electrons. The normalized spacial score (nSPS) is 9.88. The van der Waals surface area contributed by atoms with Crippen molar-refractivity contribution in [2.24, 2.45) is 5.73 Å². The number of hydrogen-bond donors (Lipinski definition) is 2. The highest BCUT2D eigenvalue weighted by molar-refractivity contribution is 6.33. The molecule has 0 bridgehead atoms. The molecule has 0 aliphatic heterocycles. The summed E-state index contributed by atoms with van der Waals surface area (Å²) in [5.74, 6) is -1.19. The molecular weight excluding hydrogens is 232 g/mol. The SMILES string of the molecule is Cc1ccc(C(=O)NOCC(N)=O)c(Cl)c1. The molecule has 16 heavy (non-hydrogen) atoms. The lowest BCUT2D eigenvalue weighted by atomic mass is 10.1. The average molecular weight is 243 g/mol. The van der Waals surface area contributed by atoms with Gasteiger partial charge in [-0.2, -0.15) is 0 Å². The van der Waals surface area contributed by atoms with Gasteiger partial charge in [0.1, 0.15) is 0 Å². The molecule has 1 aromatic rings. The van der Waals surface area contributed by atoms with E-state index < -0.39 is 11.8 Å². The van der Waals surface area contributed by atoms with Gasteiger partial charge in [-0.05, 0) is 24.6 Å². The van der Waals surface area contributed by atoms with Gasteiger partial charge in [0.2, 0.25) is 5.91 Å². The smallest absolute Gasteiger partial charge is 0.276 e. The zero-order valence-electron chi connectivity index (χ0n) is 8.62. The molecule has 0 saturated heterocycles. The lowest BCUT2D eigenvalue weighted by Crippen LogP contribution is -2.29. The summed E-state index contributed by atoms with van der Waals surface area (Å²) in [5, 5.41) is 0.320. The number of carbonyl (C=O) groups excluding carboxylic acids is 2. The molecule has 0 spiro atoms. The van der Waals surface area contributed by atoms with E-state index in [1.54, 1.807) is 18.2 Å². The van der Waals surface area contributed by atoms with Crippen LogP contribution in [0.15, 0.2) is 18.2 Å². The topological polar surface area (TPSA) is 81.4 Å². The number of rotatable bonds is 4. The summed E-state index contributed by atoms with van der Waals surface area (Å²) in [7, 11) is 0. The predicted molar refractivity (Wildman–Crippen MR) is 58.8 cm³/mol. The van der Waals surface area contributed by atoms with Crippen molar-refractivity contribution in [3.8, 4) is 0 Å². The first-order valence-electron chi connectivity index (χ1n) is 4.47. The largest absolute Gasteiger partial charge is 0.368 e. The molecule has 0 heterocycles. The molecule has 0 fully saturated rings. The molecule has 1 aromatic carbocycles. The Hall–Kier alpha value is -1.59. The number of hydrogen-bond acceptors (Lipinski definition) is 3. The van der Waals surface area contributed by atoms with E-state index in [-0.39, 0.29) is 12.2 Å². The van der Waals surface area contributed by atoms with Crippen molar-refractivity contribution in [1.82, 2.24) is 5.48 Å². The van der Waals surface area contributed by atoms with E-state index in [4.69, 9.17) is 17.3 Å². The van der Waals surface area contributed by atoms with Gasteiger partial charge in [0, 0.05) is 0 Å². The summed E-state index contributed by atoms with van der Waals surface area (Å²) in [6, 6.07) is 4.97. The molecule has 3 N–H and O–H groups in total. The molecule has 1 rings (SSSR count). The fourth-order valence-corrected chi connectivity index (χ4v) is 1.35. The first-order chi connectivity index (χ1) is 7.50. The van der Waals surface area contributed by atoms with Crippen LogP contribution in [0.2, 0.25) is 5.02 Å². The Balaban J connectivity index is 2.63. The number of nitrogens with one attached hydrogen (secondary N) is 1. The van der Waals surface area contributed by atoms with E-state index in [9.17, 15) is 9.59 Å². The van der Waals surface area contributed by atoms with Gasteiger partial charge in [0.25, 0.3) is 5.91 Å². The van der Waals surface area contributed by atoms with Crippen LogP contribution >= 0.6 is 11.6 Å². The third kappa shape index (κ3) is 3.52. The van der Waals surface area contributed by atoms with Gasteiger partial charge in [-0.25, -0.2) is 5.48 Å². The van der Waals surface area contributed by atoms with Gasteiger partial charge in [0.15, 0.2) is 6.61 Å². The monoisotopic (exact) mass is 242 g/mol. The Morgan fingerprint density at radius 1 is 1.50 bits per heavy atom. The summed E-state index contributed by atoms with van der Waals surface area (Å²) >= 11 is 5.86. The molecule has 0 radical (unpaired) electrons. The molecular formula is C10H11ClN2O3. The minimum atomic E-state index is -0.671. The van der Waals surface area contributed by atoms with Crippen molar-refractivity contribution in [2.45, 2.75) is 6.92 Å². The van der Waals surface area contributed by atoms with E-state index in [0.29, 0.717) is 5.02 Å². The van der Waals surface area contributed by atoms with Crippen molar-refractivity contribution in [3.63, 3.8) is 0 Å². The van der Waals surface area contributed by atoms with Crippen LogP contribution in [0.25, 0.3) is 0 Å². The Morgan fingerprint density at radius 3 is 2.75 bits per heavy atom. The highest BCUT2D eigenvalue weighted by Crippen LogP contribution is 2.17. The molecule has 0 unspecified atom stereocenters. The number of hydroxylamine groups is 1. The van der Waals surface area contributed by atoms with Crippen LogP contribution < -0.4 is 11.2 Å². The maximum atomic E-state index is 11.5. The van der Waals surface area contributed by atoms with E-state index in [1.165, 1.54) is 0 Å². The van der Waals surface area contributed by atoms with Crippen LogP contribution in [-0.4, -0.2) is 18.4 Å². The minimum Gasteiger partial charge on any atom is -0.368 e. The van der Waals surface area contributed by atoms with Gasteiger partial charge in [-0.1, -0.05) is 17.7 Å². The van der Waals surface area contributed by atoms with Crippen molar-refractivity contribution in [2.75, 3.05) is 6.61 Å². The summed E-state index contributed by atoms with van der Waals surface area (Å²) in [6.45, 7) is 1.48. The number of benzene rings is 1. The summed E-state index contributed by atoms with van der Waals surface area (Å²) in [4.78, 5) is 26.4. The van der Waals surface area contributed by atoms with Crippen molar-refractivity contribution in [1.29, 1.82) is 0 Å². The molecule has 0 aromatic heterocycles. The third-order valence-corrected chi connectivity index (χ3v) is 2.06. The Morgan fingerprint density at radius 2 is 2.19 bits per heavy atom. The van der Waals surface area contributed by atoms with Crippen LogP contribution in [0.4, 0.5) is 0 Å². The van der Waals surface area contributed by atoms with Gasteiger partial charge in [0.05, 0.1) is 10.6 Å². The maximum absolute atomic E-state index is 11.5. The van der Waals surface area contributed by atoms with Crippen molar-refractivity contribution < 1.29 is 14.4 Å². The van der Waals surface area contributed by atoms with E-state index in [1.807, 2.05) is 6.92 Å². The van der Waals surface area contributed by atoms with Crippen LogP contribution in [-0.2, 0) is 9.63 Å². The van der Waals surface area contributed by atoms with Crippen LogP contribution in [0.3, 0.4) is 0 Å². The summed E-state index contributed by atoms with van der Waals surface area (Å²) in [6.07, 6.45) is 0. The molecule has 6 heteroatoms. The number of nitrogens with two attached hydrogens (primary N) is 1. The molecule has 0 atom stereocenters. The van der Waals surface area contributed by atoms with Gasteiger partial charge in [-0.15, -0.1) is 0 Å². The second-order valence-corrected chi connectivity index (χ2v) is 3.58. The van der Waals surface area contributed by atoms with Crippen LogP contribution in [0, 0.1) is 6.92 Å². The summed E-state index contributed by atoms with van der Waals surface area (Å²) < 4.78 is 0. The van der Waals surface area contributed by atoms with Crippen molar-refractivity contribution in [3.05, 3.63) is 34.3 Å². The van der Waals surface area contributed by atoms with E-state index >= 15 is 0 Å². The molecule has 0 aliphatic carbocycles. The number of amides is 2. The number of halogens is 1. The fraction of sp³-hybridized carbons (Fsp3) is 0.200. The average Bonchev–Trinajstić information content (AvgIpc) is 2.16. The zero-order valence-corrected chi connectivity index (χ0v) is 9.38. The second-order valence-electron chi connectivity index (χ2n) is 3.17. The van der Waals surface area contributed by atoms with Gasteiger partial charge >= 0.3 is 0 Å². The van der Waals surface area contributed by atoms with Crippen molar-refractivity contribution >= 4 is 23.4 Å². The number of carbonyl (C=O) groups is 2. The number of primary amides is 1. The van der Waals surface area contributed by atoms with Gasteiger partial charge in [-0.3, -0.25) is 14.4 Å². The van der Waals surface area contributed by atoms with Crippen LogP contribution in [0.1, 0.15) is 15.9 Å². The zero-order chi connectivity index (χ0) is 12.1. The highest BCUT2D eigenvalue weighted by atomic mass is 35.5. The maximum Gasteiger partial charge on any atom is 0.276 e. The van der Waals surface area contributed by atoms with E-state index in [0.717, 1.165) is 5.56 Å². The Kier molecular flexibility index (Phi) is 4.28. The lowest BCUT2D eigenvalue weighted by Gasteiger charge is -2.06. The highest BCUT2D eigenvalue weighted by Gasteiger charge is 2.10.